The average Bonchev–Trinajstić information content (AvgIpc) is 2.91. The molecule has 6 nitrogen and oxygen atoms in total. The second-order valence-electron chi connectivity index (χ2n) is 4.41. The molecule has 0 aromatic carbocycles. The van der Waals surface area contributed by atoms with Gasteiger partial charge < -0.3 is 19.9 Å². The van der Waals surface area contributed by atoms with Crippen LogP contribution in [0.25, 0.3) is 0 Å². The van der Waals surface area contributed by atoms with Crippen molar-refractivity contribution in [1.82, 2.24) is 20.2 Å². The Morgan fingerprint density at radius 1 is 1.50 bits per heavy atom. The quantitative estimate of drug-likeness (QED) is 0.734. The molecule has 0 atom stereocenters. The van der Waals surface area contributed by atoms with Crippen LogP contribution >= 0.6 is 0 Å². The molecule has 0 radical (unpaired) electrons. The molecule has 2 heterocycles. The summed E-state index contributed by atoms with van der Waals surface area (Å²) >= 11 is 0. The van der Waals surface area contributed by atoms with Crippen molar-refractivity contribution in [3.05, 3.63) is 18.7 Å². The van der Waals surface area contributed by atoms with E-state index in [0.717, 1.165) is 32.5 Å². The first-order chi connectivity index (χ1) is 8.84. The van der Waals surface area contributed by atoms with Gasteiger partial charge in [0.1, 0.15) is 6.61 Å². The first-order valence-electron chi connectivity index (χ1n) is 6.39. The van der Waals surface area contributed by atoms with Crippen LogP contribution in [0.5, 0.6) is 0 Å². The van der Waals surface area contributed by atoms with E-state index < -0.39 is 0 Å². The Kier molecular flexibility index (Phi) is 5.16. The summed E-state index contributed by atoms with van der Waals surface area (Å²) in [5.74, 6) is -0.0475. The van der Waals surface area contributed by atoms with Gasteiger partial charge in [-0.25, -0.2) is 4.98 Å². The molecule has 18 heavy (non-hydrogen) atoms. The Bertz CT molecular complexity index is 347. The third kappa shape index (κ3) is 4.46. The second-order valence-corrected chi connectivity index (χ2v) is 4.41. The van der Waals surface area contributed by atoms with E-state index >= 15 is 0 Å². The van der Waals surface area contributed by atoms with Crippen molar-refractivity contribution in [1.29, 1.82) is 0 Å². The van der Waals surface area contributed by atoms with Crippen LogP contribution in [0.2, 0.25) is 0 Å². The fourth-order valence-electron chi connectivity index (χ4n) is 1.95. The summed E-state index contributed by atoms with van der Waals surface area (Å²) in [4.78, 5) is 15.5. The zero-order chi connectivity index (χ0) is 12.6. The van der Waals surface area contributed by atoms with Crippen LogP contribution in [0.1, 0.15) is 12.8 Å². The molecule has 0 saturated carbocycles. The van der Waals surface area contributed by atoms with Gasteiger partial charge in [0.2, 0.25) is 5.91 Å². The topological polar surface area (TPSA) is 68.2 Å². The van der Waals surface area contributed by atoms with Crippen molar-refractivity contribution in [3.63, 3.8) is 0 Å². The molecule has 1 aliphatic heterocycles. The summed E-state index contributed by atoms with van der Waals surface area (Å²) in [6, 6.07) is 0. The number of nitrogens with one attached hydrogen (secondary N) is 2. The van der Waals surface area contributed by atoms with Gasteiger partial charge in [0.05, 0.1) is 12.4 Å². The zero-order valence-corrected chi connectivity index (χ0v) is 10.5. The largest absolute Gasteiger partial charge is 0.368 e. The minimum absolute atomic E-state index is 0.0475. The van der Waals surface area contributed by atoms with E-state index in [1.54, 1.807) is 12.5 Å². The number of hydrogen-bond donors (Lipinski definition) is 2. The van der Waals surface area contributed by atoms with Gasteiger partial charge in [-0.15, -0.1) is 0 Å². The standard InChI is InChI=1S/C12H20N4O2/c17-12(9-18-11-1-3-13-4-2-11)15-6-8-16-7-5-14-10-16/h5,7,10-11,13H,1-4,6,8-9H2,(H,15,17). The molecule has 2 rings (SSSR count). The molecule has 1 aromatic rings. The van der Waals surface area contributed by atoms with E-state index in [9.17, 15) is 4.79 Å². The predicted molar refractivity (Wildman–Crippen MR) is 67.1 cm³/mol. The maximum absolute atomic E-state index is 11.5. The number of piperidine rings is 1. The van der Waals surface area contributed by atoms with Crippen molar-refractivity contribution in [2.24, 2.45) is 0 Å². The van der Waals surface area contributed by atoms with Crippen LogP contribution in [-0.4, -0.2) is 47.8 Å². The highest BCUT2D eigenvalue weighted by molar-refractivity contribution is 5.77. The molecule has 0 spiro atoms. The molecule has 1 amide bonds. The summed E-state index contributed by atoms with van der Waals surface area (Å²) in [7, 11) is 0. The molecular formula is C12H20N4O2. The molecule has 0 bridgehead atoms. The van der Waals surface area contributed by atoms with Gasteiger partial charge in [-0.05, 0) is 25.9 Å². The molecule has 1 aromatic heterocycles. The number of imidazole rings is 1. The third-order valence-electron chi connectivity index (χ3n) is 2.99. The van der Waals surface area contributed by atoms with Crippen molar-refractivity contribution in [2.45, 2.75) is 25.5 Å². The number of ether oxygens (including phenoxy) is 1. The number of hydrogen-bond acceptors (Lipinski definition) is 4. The van der Waals surface area contributed by atoms with Crippen molar-refractivity contribution >= 4 is 5.91 Å². The minimum Gasteiger partial charge on any atom is -0.368 e. The Hall–Kier alpha value is -1.40. The van der Waals surface area contributed by atoms with E-state index in [1.165, 1.54) is 0 Å². The van der Waals surface area contributed by atoms with Crippen LogP contribution < -0.4 is 10.6 Å². The number of amides is 1. The van der Waals surface area contributed by atoms with Crippen LogP contribution in [0.15, 0.2) is 18.7 Å². The number of carbonyl (C=O) groups is 1. The van der Waals surface area contributed by atoms with E-state index in [4.69, 9.17) is 4.74 Å². The lowest BCUT2D eigenvalue weighted by Gasteiger charge is -2.22. The first kappa shape index (κ1) is 13.0. The van der Waals surface area contributed by atoms with Gasteiger partial charge in [0.25, 0.3) is 0 Å². The smallest absolute Gasteiger partial charge is 0.246 e. The molecular weight excluding hydrogens is 232 g/mol. The molecule has 100 valence electrons. The molecule has 0 aliphatic carbocycles. The Morgan fingerprint density at radius 2 is 2.33 bits per heavy atom. The van der Waals surface area contributed by atoms with Gasteiger partial charge in [-0.2, -0.15) is 0 Å². The fourth-order valence-corrected chi connectivity index (χ4v) is 1.95. The highest BCUT2D eigenvalue weighted by atomic mass is 16.5. The maximum atomic E-state index is 11.5. The number of rotatable bonds is 6. The van der Waals surface area contributed by atoms with Gasteiger partial charge in [-0.3, -0.25) is 4.79 Å². The molecule has 1 aliphatic rings. The SMILES string of the molecule is O=C(COC1CCNCC1)NCCn1ccnc1. The highest BCUT2D eigenvalue weighted by Gasteiger charge is 2.14. The number of carbonyl (C=O) groups excluding carboxylic acids is 1. The number of nitrogens with zero attached hydrogens (tertiary/aromatic N) is 2. The van der Waals surface area contributed by atoms with Crippen LogP contribution in [0, 0.1) is 0 Å². The fraction of sp³-hybridized carbons (Fsp3) is 0.667. The minimum atomic E-state index is -0.0475. The van der Waals surface area contributed by atoms with Gasteiger partial charge in [0, 0.05) is 25.5 Å². The van der Waals surface area contributed by atoms with E-state index in [1.807, 2.05) is 10.8 Å². The monoisotopic (exact) mass is 252 g/mol. The van der Waals surface area contributed by atoms with E-state index in [2.05, 4.69) is 15.6 Å². The summed E-state index contributed by atoms with van der Waals surface area (Å²) < 4.78 is 7.49. The normalized spacial score (nSPS) is 16.7. The van der Waals surface area contributed by atoms with Crippen molar-refractivity contribution < 1.29 is 9.53 Å². The summed E-state index contributed by atoms with van der Waals surface area (Å²) in [6.07, 6.45) is 7.54. The lowest BCUT2D eigenvalue weighted by molar-refractivity contribution is -0.128. The molecule has 1 saturated heterocycles. The predicted octanol–water partition coefficient (Wildman–Crippen LogP) is -0.232. The van der Waals surface area contributed by atoms with Gasteiger partial charge in [0.15, 0.2) is 0 Å². The van der Waals surface area contributed by atoms with Gasteiger partial charge in [-0.1, -0.05) is 0 Å². The van der Waals surface area contributed by atoms with Crippen LogP contribution in [0.4, 0.5) is 0 Å². The Balaban J connectivity index is 1.54. The lowest BCUT2D eigenvalue weighted by Crippen LogP contribution is -2.36. The third-order valence-corrected chi connectivity index (χ3v) is 2.99. The second kappa shape index (κ2) is 7.13. The van der Waals surface area contributed by atoms with Crippen LogP contribution in [0.3, 0.4) is 0 Å². The molecule has 6 heteroatoms. The van der Waals surface area contributed by atoms with E-state index in [0.29, 0.717) is 6.54 Å². The summed E-state index contributed by atoms with van der Waals surface area (Å²) in [5.41, 5.74) is 0. The molecule has 2 N–H and O–H groups in total. The average molecular weight is 252 g/mol. The van der Waals surface area contributed by atoms with Gasteiger partial charge >= 0.3 is 0 Å². The highest BCUT2D eigenvalue weighted by Crippen LogP contribution is 2.06. The first-order valence-corrected chi connectivity index (χ1v) is 6.39. The van der Waals surface area contributed by atoms with Crippen molar-refractivity contribution in [2.75, 3.05) is 26.2 Å². The van der Waals surface area contributed by atoms with Crippen LogP contribution in [-0.2, 0) is 16.1 Å². The zero-order valence-electron chi connectivity index (χ0n) is 10.5. The lowest BCUT2D eigenvalue weighted by atomic mass is 10.1. The molecule has 0 unspecified atom stereocenters. The van der Waals surface area contributed by atoms with Crippen molar-refractivity contribution in [3.8, 4) is 0 Å². The number of aromatic nitrogens is 2. The summed E-state index contributed by atoms with van der Waals surface area (Å²) in [6.45, 7) is 3.46. The molecule has 1 fully saturated rings. The maximum Gasteiger partial charge on any atom is 0.246 e. The Labute approximate surface area is 107 Å². The Morgan fingerprint density at radius 3 is 3.06 bits per heavy atom. The summed E-state index contributed by atoms with van der Waals surface area (Å²) in [5, 5.41) is 6.10. The van der Waals surface area contributed by atoms with E-state index in [-0.39, 0.29) is 18.6 Å².